The third-order valence-electron chi connectivity index (χ3n) is 3.25. The van der Waals surface area contributed by atoms with Gasteiger partial charge in [0.2, 0.25) is 0 Å². The zero-order valence-corrected chi connectivity index (χ0v) is 11.3. The van der Waals surface area contributed by atoms with Crippen LogP contribution < -0.4 is 0 Å². The molecule has 0 saturated carbocycles. The summed E-state index contributed by atoms with van der Waals surface area (Å²) in [6, 6.07) is 10.6. The topological polar surface area (TPSA) is 60.7 Å². The van der Waals surface area contributed by atoms with Crippen molar-refractivity contribution in [3.8, 4) is 11.3 Å². The number of nitrogens with zero attached hydrogens (tertiary/aromatic N) is 2. The fourth-order valence-electron chi connectivity index (χ4n) is 2.20. The maximum absolute atomic E-state index is 11.6. The Morgan fingerprint density at radius 2 is 2.14 bits per heavy atom. The van der Waals surface area contributed by atoms with Crippen LogP contribution in [0.3, 0.4) is 0 Å². The summed E-state index contributed by atoms with van der Waals surface area (Å²) in [7, 11) is 1.34. The number of aldehydes is 1. The average molecular weight is 280 g/mol. The molecule has 3 aromatic rings. The highest BCUT2D eigenvalue weighted by atomic mass is 16.5. The molecule has 5 nitrogen and oxygen atoms in total. The van der Waals surface area contributed by atoms with E-state index in [1.165, 1.54) is 7.11 Å². The van der Waals surface area contributed by atoms with Gasteiger partial charge in [0.05, 0.1) is 24.6 Å². The molecule has 1 aromatic carbocycles. The lowest BCUT2D eigenvalue weighted by Crippen LogP contribution is -2.03. The molecule has 2 heterocycles. The number of esters is 1. The van der Waals surface area contributed by atoms with E-state index in [2.05, 4.69) is 4.98 Å². The van der Waals surface area contributed by atoms with Crippen LogP contribution in [0.1, 0.15) is 20.7 Å². The number of imidazole rings is 1. The van der Waals surface area contributed by atoms with E-state index in [1.807, 2.05) is 12.1 Å². The number of rotatable bonds is 3. The van der Waals surface area contributed by atoms with Gasteiger partial charge in [-0.3, -0.25) is 9.20 Å². The molecule has 0 radical (unpaired) electrons. The summed E-state index contributed by atoms with van der Waals surface area (Å²) >= 11 is 0. The van der Waals surface area contributed by atoms with Gasteiger partial charge in [0.15, 0.2) is 0 Å². The number of carbonyl (C=O) groups is 2. The Morgan fingerprint density at radius 3 is 2.90 bits per heavy atom. The normalized spacial score (nSPS) is 10.5. The third kappa shape index (κ3) is 2.29. The number of ether oxygens (including phenoxy) is 1. The van der Waals surface area contributed by atoms with Gasteiger partial charge in [-0.15, -0.1) is 0 Å². The molecular formula is C16H12N2O3. The van der Waals surface area contributed by atoms with Crippen molar-refractivity contribution in [1.82, 2.24) is 9.38 Å². The van der Waals surface area contributed by atoms with Crippen LogP contribution in [0.4, 0.5) is 0 Å². The fraction of sp³-hybridized carbons (Fsp3) is 0.0625. The number of benzene rings is 1. The summed E-state index contributed by atoms with van der Waals surface area (Å²) in [6.45, 7) is 0. The third-order valence-corrected chi connectivity index (χ3v) is 3.25. The molecule has 0 spiro atoms. The number of hydrogen-bond acceptors (Lipinski definition) is 4. The number of fused-ring (bicyclic) bond motifs is 1. The van der Waals surface area contributed by atoms with E-state index in [4.69, 9.17) is 4.74 Å². The lowest BCUT2D eigenvalue weighted by atomic mass is 10.1. The maximum atomic E-state index is 11.6. The lowest BCUT2D eigenvalue weighted by Gasteiger charge is -2.05. The van der Waals surface area contributed by atoms with Gasteiger partial charge in [-0.05, 0) is 18.2 Å². The quantitative estimate of drug-likeness (QED) is 0.546. The first-order valence-corrected chi connectivity index (χ1v) is 6.34. The number of carbonyl (C=O) groups excluding carboxylic acids is 2. The second-order valence-corrected chi connectivity index (χ2v) is 4.52. The van der Waals surface area contributed by atoms with Crippen LogP contribution in [0.25, 0.3) is 16.9 Å². The molecule has 2 aromatic heterocycles. The summed E-state index contributed by atoms with van der Waals surface area (Å²) in [5.41, 5.74) is 3.41. The Kier molecular flexibility index (Phi) is 3.23. The van der Waals surface area contributed by atoms with Crippen molar-refractivity contribution in [2.24, 2.45) is 0 Å². The first kappa shape index (κ1) is 13.1. The minimum absolute atomic E-state index is 0.404. The van der Waals surface area contributed by atoms with Gasteiger partial charge >= 0.3 is 5.97 Å². The fourth-order valence-corrected chi connectivity index (χ4v) is 2.20. The van der Waals surface area contributed by atoms with Crippen LogP contribution in [-0.2, 0) is 4.74 Å². The van der Waals surface area contributed by atoms with Crippen molar-refractivity contribution in [2.45, 2.75) is 0 Å². The molecule has 0 fully saturated rings. The van der Waals surface area contributed by atoms with Crippen molar-refractivity contribution in [1.29, 1.82) is 0 Å². The second kappa shape index (κ2) is 5.20. The molecule has 5 heteroatoms. The minimum atomic E-state index is -0.404. The van der Waals surface area contributed by atoms with Gasteiger partial charge in [-0.1, -0.05) is 18.2 Å². The van der Waals surface area contributed by atoms with E-state index in [9.17, 15) is 9.59 Å². The molecule has 0 atom stereocenters. The highest BCUT2D eigenvalue weighted by molar-refractivity contribution is 5.89. The Labute approximate surface area is 120 Å². The number of aromatic nitrogens is 2. The Bertz CT molecular complexity index is 836. The average Bonchev–Trinajstić information content (AvgIpc) is 2.97. The molecule has 104 valence electrons. The van der Waals surface area contributed by atoms with E-state index in [0.29, 0.717) is 16.8 Å². The van der Waals surface area contributed by atoms with E-state index in [-0.39, 0.29) is 0 Å². The maximum Gasteiger partial charge on any atom is 0.339 e. The number of methoxy groups -OCH3 is 1. The highest BCUT2D eigenvalue weighted by Gasteiger charge is 2.10. The molecule has 21 heavy (non-hydrogen) atoms. The van der Waals surface area contributed by atoms with Crippen LogP contribution in [0, 0.1) is 0 Å². The summed E-state index contributed by atoms with van der Waals surface area (Å²) < 4.78 is 6.53. The summed E-state index contributed by atoms with van der Waals surface area (Å²) in [6.07, 6.45) is 4.18. The van der Waals surface area contributed by atoms with Gasteiger partial charge in [0, 0.05) is 17.3 Å². The first-order chi connectivity index (χ1) is 10.2. The highest BCUT2D eigenvalue weighted by Crippen LogP contribution is 2.22. The summed E-state index contributed by atoms with van der Waals surface area (Å²) in [4.78, 5) is 26.8. The van der Waals surface area contributed by atoms with E-state index < -0.39 is 5.97 Å². The van der Waals surface area contributed by atoms with Gasteiger partial charge in [0.1, 0.15) is 11.9 Å². The van der Waals surface area contributed by atoms with Gasteiger partial charge in [-0.25, -0.2) is 9.78 Å². The molecular weight excluding hydrogens is 268 g/mol. The van der Waals surface area contributed by atoms with Crippen LogP contribution >= 0.6 is 0 Å². The Morgan fingerprint density at radius 1 is 1.29 bits per heavy atom. The van der Waals surface area contributed by atoms with Crippen LogP contribution in [0.5, 0.6) is 0 Å². The molecule has 0 amide bonds. The van der Waals surface area contributed by atoms with Crippen LogP contribution in [0.15, 0.2) is 48.8 Å². The lowest BCUT2D eigenvalue weighted by molar-refractivity contribution is 0.0600. The molecule has 0 saturated heterocycles. The molecule has 0 aliphatic heterocycles. The zero-order chi connectivity index (χ0) is 14.8. The van der Waals surface area contributed by atoms with Crippen LogP contribution in [-0.4, -0.2) is 28.7 Å². The standard InChI is InChI=1S/C16H12N2O3/c1-21-16(20)13-5-6-15-17-8-14(18(15)9-13)12-4-2-3-11(7-12)10-19/h2-10H,1H3. The van der Waals surface area contributed by atoms with Gasteiger partial charge in [-0.2, -0.15) is 0 Å². The van der Waals surface area contributed by atoms with Gasteiger partial charge < -0.3 is 4.74 Å². The smallest absolute Gasteiger partial charge is 0.339 e. The van der Waals surface area contributed by atoms with Crippen molar-refractivity contribution in [3.63, 3.8) is 0 Å². The summed E-state index contributed by atoms with van der Waals surface area (Å²) in [5, 5.41) is 0. The number of pyridine rings is 1. The van der Waals surface area contributed by atoms with Crippen molar-refractivity contribution in [2.75, 3.05) is 7.11 Å². The zero-order valence-electron chi connectivity index (χ0n) is 11.3. The second-order valence-electron chi connectivity index (χ2n) is 4.52. The molecule has 0 N–H and O–H groups in total. The van der Waals surface area contributed by atoms with Crippen molar-refractivity contribution in [3.05, 3.63) is 59.9 Å². The van der Waals surface area contributed by atoms with E-state index in [0.717, 1.165) is 17.5 Å². The van der Waals surface area contributed by atoms with E-state index in [1.54, 1.807) is 41.1 Å². The monoisotopic (exact) mass is 280 g/mol. The molecule has 0 bridgehead atoms. The molecule has 0 aliphatic rings. The first-order valence-electron chi connectivity index (χ1n) is 6.34. The van der Waals surface area contributed by atoms with E-state index >= 15 is 0 Å². The van der Waals surface area contributed by atoms with Gasteiger partial charge in [0.25, 0.3) is 0 Å². The van der Waals surface area contributed by atoms with Crippen LogP contribution in [0.2, 0.25) is 0 Å². The minimum Gasteiger partial charge on any atom is -0.465 e. The van der Waals surface area contributed by atoms with Crippen molar-refractivity contribution < 1.29 is 14.3 Å². The molecule has 0 aliphatic carbocycles. The predicted octanol–water partition coefficient (Wildman–Crippen LogP) is 2.60. The SMILES string of the molecule is COC(=O)c1ccc2ncc(-c3cccc(C=O)c3)n2c1. The largest absolute Gasteiger partial charge is 0.465 e. The van der Waals surface area contributed by atoms with Crippen molar-refractivity contribution >= 4 is 17.9 Å². The molecule has 0 unspecified atom stereocenters. The Hall–Kier alpha value is -2.95. The predicted molar refractivity (Wildman–Crippen MR) is 77.4 cm³/mol. The number of hydrogen-bond donors (Lipinski definition) is 0. The summed E-state index contributed by atoms with van der Waals surface area (Å²) in [5.74, 6) is -0.404. The Balaban J connectivity index is 2.18. The molecule has 3 rings (SSSR count).